The third-order valence-electron chi connectivity index (χ3n) is 4.48. The van der Waals surface area contributed by atoms with Crippen molar-refractivity contribution < 1.29 is 9.18 Å². The molecule has 0 radical (unpaired) electrons. The summed E-state index contributed by atoms with van der Waals surface area (Å²) >= 11 is 0. The van der Waals surface area contributed by atoms with Crippen LogP contribution in [0.25, 0.3) is 33.3 Å². The number of rotatable bonds is 4. The van der Waals surface area contributed by atoms with Gasteiger partial charge in [0.05, 0.1) is 11.8 Å². The molecule has 0 atom stereocenters. The molecule has 0 spiro atoms. The highest BCUT2D eigenvalue weighted by Crippen LogP contribution is 2.32. The van der Waals surface area contributed by atoms with Crippen LogP contribution in [0.5, 0.6) is 0 Å². The standard InChI is InChI=1S/C19H19FN6O/c1-10(27)22-8-11-4-12(6-13(20)5-11)15-7-14-17-16(23-9-26(17)3)19(21-2)25-18(14)24-15/h4-7,9H,8H2,1-3H3,(H,22,27)(H2,21,24,25). The Hall–Kier alpha value is -3.42. The summed E-state index contributed by atoms with van der Waals surface area (Å²) in [6, 6.07) is 6.67. The zero-order valence-electron chi connectivity index (χ0n) is 15.2. The van der Waals surface area contributed by atoms with Crippen molar-refractivity contribution in [1.82, 2.24) is 24.8 Å². The molecule has 0 saturated carbocycles. The number of benzene rings is 1. The highest BCUT2D eigenvalue weighted by Gasteiger charge is 2.15. The summed E-state index contributed by atoms with van der Waals surface area (Å²) < 4.78 is 16.0. The van der Waals surface area contributed by atoms with E-state index in [0.29, 0.717) is 22.6 Å². The number of nitrogens with one attached hydrogen (secondary N) is 3. The van der Waals surface area contributed by atoms with Crippen molar-refractivity contribution in [2.45, 2.75) is 13.5 Å². The van der Waals surface area contributed by atoms with Crippen LogP contribution in [-0.2, 0) is 18.4 Å². The van der Waals surface area contributed by atoms with Crippen molar-refractivity contribution in [2.24, 2.45) is 7.05 Å². The van der Waals surface area contributed by atoms with E-state index >= 15 is 0 Å². The topological polar surface area (TPSA) is 87.6 Å². The average Bonchev–Trinajstić information content (AvgIpc) is 3.22. The summed E-state index contributed by atoms with van der Waals surface area (Å²) in [4.78, 5) is 23.4. The van der Waals surface area contributed by atoms with Crippen molar-refractivity contribution in [3.05, 3.63) is 42.0 Å². The summed E-state index contributed by atoms with van der Waals surface area (Å²) in [5.41, 5.74) is 4.54. The molecule has 27 heavy (non-hydrogen) atoms. The molecule has 3 heterocycles. The molecule has 4 rings (SSSR count). The monoisotopic (exact) mass is 366 g/mol. The lowest BCUT2D eigenvalue weighted by atomic mass is 10.1. The Labute approximate surface area is 154 Å². The van der Waals surface area contributed by atoms with Gasteiger partial charge in [-0.2, -0.15) is 0 Å². The van der Waals surface area contributed by atoms with Crippen LogP contribution in [0.2, 0.25) is 0 Å². The van der Waals surface area contributed by atoms with Gasteiger partial charge in [0.1, 0.15) is 17.0 Å². The molecule has 3 aromatic heterocycles. The lowest BCUT2D eigenvalue weighted by Gasteiger charge is -2.06. The average molecular weight is 366 g/mol. The minimum absolute atomic E-state index is 0.159. The third-order valence-corrected chi connectivity index (χ3v) is 4.48. The van der Waals surface area contributed by atoms with Crippen LogP contribution in [0.1, 0.15) is 12.5 Å². The number of nitrogens with zero attached hydrogens (tertiary/aromatic N) is 3. The van der Waals surface area contributed by atoms with E-state index in [2.05, 4.69) is 25.6 Å². The number of halogens is 1. The van der Waals surface area contributed by atoms with Gasteiger partial charge in [0, 0.05) is 44.2 Å². The van der Waals surface area contributed by atoms with Crippen LogP contribution >= 0.6 is 0 Å². The maximum atomic E-state index is 14.1. The maximum absolute atomic E-state index is 14.1. The molecular weight excluding hydrogens is 347 g/mol. The Morgan fingerprint density at radius 1 is 1.30 bits per heavy atom. The molecule has 0 aliphatic carbocycles. The lowest BCUT2D eigenvalue weighted by Crippen LogP contribution is -2.18. The van der Waals surface area contributed by atoms with Crippen molar-refractivity contribution in [1.29, 1.82) is 0 Å². The largest absolute Gasteiger partial charge is 0.371 e. The maximum Gasteiger partial charge on any atom is 0.217 e. The summed E-state index contributed by atoms with van der Waals surface area (Å²) in [6.45, 7) is 1.70. The van der Waals surface area contributed by atoms with Crippen LogP contribution in [0, 0.1) is 5.82 Å². The number of aromatic amines is 1. The number of H-pyrrole nitrogens is 1. The van der Waals surface area contributed by atoms with Gasteiger partial charge in [-0.25, -0.2) is 14.4 Å². The Morgan fingerprint density at radius 2 is 2.11 bits per heavy atom. The highest BCUT2D eigenvalue weighted by atomic mass is 19.1. The summed E-state index contributed by atoms with van der Waals surface area (Å²) in [6.07, 6.45) is 1.74. The van der Waals surface area contributed by atoms with Crippen LogP contribution in [-0.4, -0.2) is 32.5 Å². The van der Waals surface area contributed by atoms with E-state index in [9.17, 15) is 9.18 Å². The molecule has 4 aromatic rings. The van der Waals surface area contributed by atoms with Gasteiger partial charge in [-0.1, -0.05) is 0 Å². The first-order valence-electron chi connectivity index (χ1n) is 8.52. The van der Waals surface area contributed by atoms with Crippen LogP contribution in [0.3, 0.4) is 0 Å². The van der Waals surface area contributed by atoms with Gasteiger partial charge in [0.25, 0.3) is 0 Å². The van der Waals surface area contributed by atoms with E-state index in [4.69, 9.17) is 0 Å². The van der Waals surface area contributed by atoms with Gasteiger partial charge in [0.2, 0.25) is 5.91 Å². The number of pyridine rings is 1. The normalized spacial score (nSPS) is 11.3. The lowest BCUT2D eigenvalue weighted by molar-refractivity contribution is -0.119. The molecule has 0 unspecified atom stereocenters. The van der Waals surface area contributed by atoms with E-state index in [1.807, 2.05) is 23.7 Å². The van der Waals surface area contributed by atoms with Crippen LogP contribution < -0.4 is 10.6 Å². The number of carbonyl (C=O) groups is 1. The van der Waals surface area contributed by atoms with Crippen molar-refractivity contribution in [3.8, 4) is 11.3 Å². The molecule has 0 aliphatic rings. The number of carbonyl (C=O) groups excluding carboxylic acids is 1. The van der Waals surface area contributed by atoms with E-state index in [0.717, 1.165) is 22.1 Å². The van der Waals surface area contributed by atoms with Crippen LogP contribution in [0.4, 0.5) is 10.2 Å². The Kier molecular flexibility index (Phi) is 4.02. The smallest absolute Gasteiger partial charge is 0.217 e. The van der Waals surface area contributed by atoms with E-state index in [1.165, 1.54) is 19.1 Å². The summed E-state index contributed by atoms with van der Waals surface area (Å²) in [5, 5.41) is 6.66. The minimum atomic E-state index is -0.360. The molecule has 3 N–H and O–H groups in total. The molecule has 8 heteroatoms. The van der Waals surface area contributed by atoms with Gasteiger partial charge in [-0.3, -0.25) is 4.79 Å². The van der Waals surface area contributed by atoms with E-state index in [1.54, 1.807) is 13.4 Å². The van der Waals surface area contributed by atoms with Gasteiger partial charge < -0.3 is 20.2 Å². The van der Waals surface area contributed by atoms with Gasteiger partial charge in [-0.05, 0) is 29.8 Å². The van der Waals surface area contributed by atoms with E-state index < -0.39 is 0 Å². The molecule has 0 aliphatic heterocycles. The number of aromatic nitrogens is 4. The van der Waals surface area contributed by atoms with Gasteiger partial charge in [-0.15, -0.1) is 0 Å². The second-order valence-corrected chi connectivity index (χ2v) is 6.47. The first kappa shape index (κ1) is 17.0. The van der Waals surface area contributed by atoms with Crippen LogP contribution in [0.15, 0.2) is 30.6 Å². The second kappa shape index (κ2) is 6.39. The zero-order chi connectivity index (χ0) is 19.1. The molecule has 138 valence electrons. The fourth-order valence-electron chi connectivity index (χ4n) is 3.26. The first-order valence-corrected chi connectivity index (χ1v) is 8.52. The number of anilines is 1. The predicted octanol–water partition coefficient (Wildman–Crippen LogP) is 2.93. The summed E-state index contributed by atoms with van der Waals surface area (Å²) in [5.74, 6) is 0.159. The fraction of sp³-hybridized carbons (Fsp3) is 0.211. The Morgan fingerprint density at radius 3 is 2.85 bits per heavy atom. The molecule has 0 saturated heterocycles. The number of aryl methyl sites for hydroxylation is 1. The van der Waals surface area contributed by atoms with Crippen molar-refractivity contribution in [3.63, 3.8) is 0 Å². The fourth-order valence-corrected chi connectivity index (χ4v) is 3.26. The molecule has 1 amide bonds. The molecule has 1 aromatic carbocycles. The number of hydrogen-bond donors (Lipinski definition) is 3. The number of fused-ring (bicyclic) bond motifs is 3. The number of amides is 1. The second-order valence-electron chi connectivity index (χ2n) is 6.47. The zero-order valence-corrected chi connectivity index (χ0v) is 15.2. The van der Waals surface area contributed by atoms with E-state index in [-0.39, 0.29) is 18.3 Å². The van der Waals surface area contributed by atoms with Gasteiger partial charge >= 0.3 is 0 Å². The number of hydrogen-bond acceptors (Lipinski definition) is 4. The van der Waals surface area contributed by atoms with Crippen molar-refractivity contribution >= 4 is 33.8 Å². The number of imidazole rings is 1. The van der Waals surface area contributed by atoms with Gasteiger partial charge in [0.15, 0.2) is 5.82 Å². The predicted molar refractivity (Wildman–Crippen MR) is 103 cm³/mol. The third kappa shape index (κ3) is 2.99. The Bertz CT molecular complexity index is 1180. The molecular formula is C19H19FN6O. The highest BCUT2D eigenvalue weighted by molar-refractivity contribution is 6.07. The Balaban J connectivity index is 1.86. The van der Waals surface area contributed by atoms with Crippen molar-refractivity contribution in [2.75, 3.05) is 12.4 Å². The minimum Gasteiger partial charge on any atom is -0.371 e. The SMILES string of the molecule is CNc1nc2[nH]c(-c3cc(F)cc(CNC(C)=O)c3)cc2c2c1ncn2C. The quantitative estimate of drug-likeness (QED) is 0.518. The molecule has 0 fully saturated rings. The molecule has 0 bridgehead atoms. The summed E-state index contributed by atoms with van der Waals surface area (Å²) in [7, 11) is 3.72. The molecule has 7 nitrogen and oxygen atoms in total. The first-order chi connectivity index (χ1) is 13.0.